The van der Waals surface area contributed by atoms with Crippen LogP contribution in [0.15, 0.2) is 72.9 Å². The number of unbranched alkanes of at least 4 members (excludes halogenated alkanes) is 29. The number of rotatable bonds is 52. The van der Waals surface area contributed by atoms with Gasteiger partial charge in [-0.2, -0.15) is 0 Å². The monoisotopic (exact) mass is 949 g/mol. The predicted molar refractivity (Wildman–Crippen MR) is 293 cm³/mol. The fourth-order valence-electron chi connectivity index (χ4n) is 8.04. The quantitative estimate of drug-likeness (QED) is 0.0262. The Morgan fingerprint density at radius 2 is 0.529 bits per heavy atom. The van der Waals surface area contributed by atoms with E-state index < -0.39 is 6.10 Å². The molecule has 0 aromatic carbocycles. The van der Waals surface area contributed by atoms with Crippen molar-refractivity contribution in [3.8, 4) is 0 Å². The molecule has 0 bridgehead atoms. The number of allylic oxidation sites excluding steroid dienone is 12. The molecular formula is C62H108O6. The van der Waals surface area contributed by atoms with Crippen molar-refractivity contribution in [3.05, 3.63) is 72.9 Å². The van der Waals surface area contributed by atoms with Crippen molar-refractivity contribution in [2.75, 3.05) is 13.2 Å². The molecule has 6 nitrogen and oxygen atoms in total. The molecule has 0 aromatic rings. The van der Waals surface area contributed by atoms with E-state index in [1.165, 1.54) is 154 Å². The average molecular weight is 950 g/mol. The second kappa shape index (κ2) is 56.4. The van der Waals surface area contributed by atoms with Gasteiger partial charge in [0.2, 0.25) is 0 Å². The molecule has 0 aliphatic heterocycles. The number of carbonyl (C=O) groups excluding carboxylic acids is 3. The Balaban J connectivity index is 4.44. The van der Waals surface area contributed by atoms with Gasteiger partial charge in [0.25, 0.3) is 0 Å². The van der Waals surface area contributed by atoms with Gasteiger partial charge in [-0.25, -0.2) is 0 Å². The van der Waals surface area contributed by atoms with Crippen LogP contribution in [0.2, 0.25) is 0 Å². The molecule has 0 saturated carbocycles. The summed E-state index contributed by atoms with van der Waals surface area (Å²) in [4.78, 5) is 38.1. The maximum absolute atomic E-state index is 12.9. The third kappa shape index (κ3) is 53.8. The molecule has 0 radical (unpaired) electrons. The Hall–Kier alpha value is -3.15. The van der Waals surface area contributed by atoms with Crippen molar-refractivity contribution < 1.29 is 28.6 Å². The van der Waals surface area contributed by atoms with Crippen molar-refractivity contribution in [1.82, 2.24) is 0 Å². The molecule has 0 saturated heterocycles. The number of carbonyl (C=O) groups is 3. The summed E-state index contributed by atoms with van der Waals surface area (Å²) in [5, 5.41) is 0. The summed E-state index contributed by atoms with van der Waals surface area (Å²) in [6.45, 7) is 6.56. The molecule has 392 valence electrons. The third-order valence-electron chi connectivity index (χ3n) is 12.4. The van der Waals surface area contributed by atoms with E-state index in [0.717, 1.165) is 89.9 Å². The van der Waals surface area contributed by atoms with Gasteiger partial charge >= 0.3 is 17.9 Å². The fraction of sp³-hybridized carbons (Fsp3) is 0.758. The maximum atomic E-state index is 12.9. The molecule has 1 atom stereocenters. The van der Waals surface area contributed by atoms with E-state index in [1.807, 2.05) is 0 Å². The highest BCUT2D eigenvalue weighted by atomic mass is 16.6. The van der Waals surface area contributed by atoms with Gasteiger partial charge in [0.05, 0.1) is 0 Å². The fourth-order valence-corrected chi connectivity index (χ4v) is 8.04. The third-order valence-corrected chi connectivity index (χ3v) is 12.4. The minimum absolute atomic E-state index is 0.0925. The topological polar surface area (TPSA) is 78.9 Å². The van der Waals surface area contributed by atoms with Gasteiger partial charge in [0.1, 0.15) is 13.2 Å². The molecular weight excluding hydrogens is 841 g/mol. The van der Waals surface area contributed by atoms with Crippen LogP contribution in [0.1, 0.15) is 284 Å². The van der Waals surface area contributed by atoms with Gasteiger partial charge in [-0.1, -0.05) is 241 Å². The summed E-state index contributed by atoms with van der Waals surface area (Å²) < 4.78 is 16.8. The first-order valence-electron chi connectivity index (χ1n) is 28.9. The maximum Gasteiger partial charge on any atom is 0.306 e. The molecule has 68 heavy (non-hydrogen) atoms. The summed E-state index contributed by atoms with van der Waals surface area (Å²) in [6, 6.07) is 0. The van der Waals surface area contributed by atoms with Crippen LogP contribution in [-0.4, -0.2) is 37.2 Å². The summed E-state index contributed by atoms with van der Waals surface area (Å²) in [6.07, 6.45) is 71.7. The highest BCUT2D eigenvalue weighted by molar-refractivity contribution is 5.71. The van der Waals surface area contributed by atoms with Gasteiger partial charge in [-0.3, -0.25) is 14.4 Å². The summed E-state index contributed by atoms with van der Waals surface area (Å²) >= 11 is 0. The molecule has 0 amide bonds. The van der Waals surface area contributed by atoms with Crippen molar-refractivity contribution in [2.45, 2.75) is 290 Å². The van der Waals surface area contributed by atoms with E-state index in [0.29, 0.717) is 19.3 Å². The highest BCUT2D eigenvalue weighted by Crippen LogP contribution is 2.16. The molecule has 0 unspecified atom stereocenters. The van der Waals surface area contributed by atoms with Crippen LogP contribution in [-0.2, 0) is 28.6 Å². The first-order valence-corrected chi connectivity index (χ1v) is 28.9. The lowest BCUT2D eigenvalue weighted by atomic mass is 10.0. The predicted octanol–water partition coefficient (Wildman–Crippen LogP) is 19.4. The van der Waals surface area contributed by atoms with Gasteiger partial charge in [0.15, 0.2) is 6.10 Å². The van der Waals surface area contributed by atoms with Crippen LogP contribution in [0, 0.1) is 0 Å². The molecule has 0 heterocycles. The number of ether oxygens (including phenoxy) is 3. The zero-order valence-electron chi connectivity index (χ0n) is 44.9. The first kappa shape index (κ1) is 64.8. The van der Waals surface area contributed by atoms with Crippen molar-refractivity contribution in [2.24, 2.45) is 0 Å². The van der Waals surface area contributed by atoms with Crippen molar-refractivity contribution in [1.29, 1.82) is 0 Å². The van der Waals surface area contributed by atoms with Crippen LogP contribution in [0.4, 0.5) is 0 Å². The average Bonchev–Trinajstić information content (AvgIpc) is 3.34. The van der Waals surface area contributed by atoms with Crippen LogP contribution >= 0.6 is 0 Å². The van der Waals surface area contributed by atoms with Gasteiger partial charge < -0.3 is 14.2 Å². The minimum atomic E-state index is -0.795. The SMILES string of the molecule is CCCCC/C=C\C/C=C\C/C=C\CCCCCCCCC(=O)OC[C@@H](COC(=O)CCCC/C=C\C/C=C\C/C=C\CCCCC)OC(=O)CCCCCCCCCCCCCCCCCC. The number of hydrogen-bond acceptors (Lipinski definition) is 6. The second-order valence-electron chi connectivity index (χ2n) is 19.2. The molecule has 0 rings (SSSR count). The highest BCUT2D eigenvalue weighted by Gasteiger charge is 2.19. The summed E-state index contributed by atoms with van der Waals surface area (Å²) in [7, 11) is 0. The first-order chi connectivity index (χ1) is 33.5. The Kier molecular flexibility index (Phi) is 53.8. The zero-order chi connectivity index (χ0) is 49.3. The van der Waals surface area contributed by atoms with E-state index in [1.54, 1.807) is 0 Å². The standard InChI is InChI=1S/C62H108O6/c1-4-7-10-13-16-19-22-25-28-30-31-32-35-37-40-43-46-49-52-55-61(64)67-58-59(57-66-60(63)54-51-48-45-42-39-36-33-27-24-21-18-15-12-9-6-3)68-62(65)56-53-50-47-44-41-38-34-29-26-23-20-17-14-11-8-5-2/h16,18-19,21,25,27-28,31-33,39,42,59H,4-15,17,20,22-24,26,29-30,34-38,40-41,43-58H2,1-3H3/b19-16-,21-18-,28-25-,32-31-,33-27-,42-39-/t59-/m1/s1. The van der Waals surface area contributed by atoms with E-state index in [4.69, 9.17) is 14.2 Å². The second-order valence-corrected chi connectivity index (χ2v) is 19.2. The van der Waals surface area contributed by atoms with Crippen LogP contribution in [0.3, 0.4) is 0 Å². The normalized spacial score (nSPS) is 12.6. The molecule has 0 N–H and O–H groups in total. The Bertz CT molecular complexity index is 1270. The zero-order valence-corrected chi connectivity index (χ0v) is 44.9. The summed E-state index contributed by atoms with van der Waals surface area (Å²) in [5.41, 5.74) is 0. The van der Waals surface area contributed by atoms with Crippen LogP contribution in [0.25, 0.3) is 0 Å². The van der Waals surface area contributed by atoms with Gasteiger partial charge in [0, 0.05) is 19.3 Å². The van der Waals surface area contributed by atoms with Crippen molar-refractivity contribution in [3.63, 3.8) is 0 Å². The minimum Gasteiger partial charge on any atom is -0.462 e. The molecule has 0 spiro atoms. The number of hydrogen-bond donors (Lipinski definition) is 0. The Morgan fingerprint density at radius 1 is 0.294 bits per heavy atom. The Labute approximate surface area is 421 Å². The molecule has 0 aliphatic rings. The van der Waals surface area contributed by atoms with E-state index in [9.17, 15) is 14.4 Å². The lowest BCUT2D eigenvalue weighted by Gasteiger charge is -2.18. The van der Waals surface area contributed by atoms with Crippen LogP contribution < -0.4 is 0 Å². The molecule has 6 heteroatoms. The van der Waals surface area contributed by atoms with Gasteiger partial charge in [-0.15, -0.1) is 0 Å². The Morgan fingerprint density at radius 3 is 0.882 bits per heavy atom. The van der Waals surface area contributed by atoms with Crippen molar-refractivity contribution >= 4 is 17.9 Å². The molecule has 0 aromatic heterocycles. The van der Waals surface area contributed by atoms with Crippen LogP contribution in [0.5, 0.6) is 0 Å². The lowest BCUT2D eigenvalue weighted by Crippen LogP contribution is -2.30. The smallest absolute Gasteiger partial charge is 0.306 e. The largest absolute Gasteiger partial charge is 0.462 e. The number of esters is 3. The molecule has 0 fully saturated rings. The summed E-state index contributed by atoms with van der Waals surface area (Å²) in [5.74, 6) is -0.933. The lowest BCUT2D eigenvalue weighted by molar-refractivity contribution is -0.167. The van der Waals surface area contributed by atoms with E-state index >= 15 is 0 Å². The van der Waals surface area contributed by atoms with Gasteiger partial charge in [-0.05, 0) is 96.3 Å². The molecule has 0 aliphatic carbocycles. The van der Waals surface area contributed by atoms with E-state index in [-0.39, 0.29) is 31.1 Å². The van der Waals surface area contributed by atoms with E-state index in [2.05, 4.69) is 93.7 Å².